The molecule has 3 aromatic rings. The van der Waals surface area contributed by atoms with Crippen LogP contribution in [0.3, 0.4) is 0 Å². The summed E-state index contributed by atoms with van der Waals surface area (Å²) in [5.74, 6) is -0.358. The van der Waals surface area contributed by atoms with Crippen molar-refractivity contribution >= 4 is 11.8 Å². The minimum Gasteiger partial charge on any atom is -0.353 e. The first-order chi connectivity index (χ1) is 15.9. The predicted octanol–water partition coefficient (Wildman–Crippen LogP) is 2.43. The molecule has 0 bridgehead atoms. The van der Waals surface area contributed by atoms with Crippen molar-refractivity contribution in [3.8, 4) is 11.1 Å². The van der Waals surface area contributed by atoms with E-state index < -0.39 is 5.41 Å². The fraction of sp³-hybridized carbons (Fsp3) is 0.320. The van der Waals surface area contributed by atoms with Crippen molar-refractivity contribution < 1.29 is 9.59 Å². The maximum absolute atomic E-state index is 13.4. The van der Waals surface area contributed by atoms with E-state index in [1.165, 1.54) is 12.1 Å². The van der Waals surface area contributed by atoms with Gasteiger partial charge in [0.15, 0.2) is 0 Å². The molecule has 2 N–H and O–H groups in total. The Kier molecular flexibility index (Phi) is 6.35. The van der Waals surface area contributed by atoms with E-state index in [1.807, 2.05) is 50.4 Å². The molecule has 2 amide bonds. The molecule has 8 nitrogen and oxygen atoms in total. The van der Waals surface area contributed by atoms with Gasteiger partial charge in [-0.25, -0.2) is 5.10 Å². The van der Waals surface area contributed by atoms with Gasteiger partial charge < -0.3 is 10.2 Å². The molecule has 1 atom stereocenters. The van der Waals surface area contributed by atoms with Gasteiger partial charge in [-0.2, -0.15) is 5.10 Å². The number of benzene rings is 1. The fourth-order valence-corrected chi connectivity index (χ4v) is 4.28. The van der Waals surface area contributed by atoms with Crippen LogP contribution in [0.2, 0.25) is 0 Å². The summed E-state index contributed by atoms with van der Waals surface area (Å²) >= 11 is 0. The lowest BCUT2D eigenvalue weighted by molar-refractivity contribution is -0.130. The number of hydrogen-bond donors (Lipinski definition) is 2. The minimum atomic E-state index is -0.754. The van der Waals surface area contributed by atoms with Crippen LogP contribution in [0.4, 0.5) is 0 Å². The standard InChI is InChI=1S/C25H27N5O3/c1-17(2)27-24(33)25(10-12-30(16-25)23(32)21-8-9-22(31)29-28-21)14-18-5-3-6-19(13-18)20-7-4-11-26-15-20/h3-9,11,13,15,17H,10,12,14,16H2,1-2H3,(H,27,33)(H,29,31). The molecule has 33 heavy (non-hydrogen) atoms. The summed E-state index contributed by atoms with van der Waals surface area (Å²) in [7, 11) is 0. The monoisotopic (exact) mass is 445 g/mol. The summed E-state index contributed by atoms with van der Waals surface area (Å²) in [6.07, 6.45) is 4.59. The zero-order valence-corrected chi connectivity index (χ0v) is 18.7. The van der Waals surface area contributed by atoms with E-state index >= 15 is 0 Å². The highest BCUT2D eigenvalue weighted by molar-refractivity contribution is 5.93. The molecule has 1 saturated heterocycles. The molecule has 3 heterocycles. The Morgan fingerprint density at radius 1 is 1.15 bits per heavy atom. The van der Waals surface area contributed by atoms with Crippen LogP contribution in [0.5, 0.6) is 0 Å². The number of carbonyl (C=O) groups excluding carboxylic acids is 2. The lowest BCUT2D eigenvalue weighted by Gasteiger charge is -2.29. The van der Waals surface area contributed by atoms with Gasteiger partial charge in [0.1, 0.15) is 5.69 Å². The first kappa shape index (κ1) is 22.4. The number of aromatic amines is 1. The second kappa shape index (κ2) is 9.36. The Bertz CT molecular complexity index is 1190. The Balaban J connectivity index is 1.61. The van der Waals surface area contributed by atoms with E-state index in [0.717, 1.165) is 16.7 Å². The second-order valence-corrected chi connectivity index (χ2v) is 8.81. The molecule has 0 radical (unpaired) electrons. The fourth-order valence-electron chi connectivity index (χ4n) is 4.28. The van der Waals surface area contributed by atoms with Crippen LogP contribution in [-0.2, 0) is 11.2 Å². The molecular weight excluding hydrogens is 418 g/mol. The number of carbonyl (C=O) groups is 2. The highest BCUT2D eigenvalue weighted by Gasteiger charge is 2.46. The average Bonchev–Trinajstić information content (AvgIpc) is 3.25. The topological polar surface area (TPSA) is 108 Å². The summed E-state index contributed by atoms with van der Waals surface area (Å²) in [5.41, 5.74) is 2.10. The molecular formula is C25H27N5O3. The first-order valence-corrected chi connectivity index (χ1v) is 11.0. The van der Waals surface area contributed by atoms with Crippen molar-refractivity contribution in [2.24, 2.45) is 5.41 Å². The van der Waals surface area contributed by atoms with Gasteiger partial charge in [-0.05, 0) is 55.5 Å². The van der Waals surface area contributed by atoms with Gasteiger partial charge in [0, 0.05) is 37.6 Å². The number of aromatic nitrogens is 3. The summed E-state index contributed by atoms with van der Waals surface area (Å²) in [4.78, 5) is 43.5. The highest BCUT2D eigenvalue weighted by Crippen LogP contribution is 2.36. The summed E-state index contributed by atoms with van der Waals surface area (Å²) < 4.78 is 0. The highest BCUT2D eigenvalue weighted by atomic mass is 16.2. The third-order valence-corrected chi connectivity index (χ3v) is 5.91. The third-order valence-electron chi connectivity index (χ3n) is 5.91. The second-order valence-electron chi connectivity index (χ2n) is 8.81. The molecule has 1 fully saturated rings. The third kappa shape index (κ3) is 5.00. The summed E-state index contributed by atoms with van der Waals surface area (Å²) in [5, 5.41) is 9.20. The van der Waals surface area contributed by atoms with E-state index in [4.69, 9.17) is 0 Å². The maximum Gasteiger partial charge on any atom is 0.274 e. The number of amides is 2. The van der Waals surface area contributed by atoms with Crippen LogP contribution in [0, 0.1) is 5.41 Å². The molecule has 2 aromatic heterocycles. The quantitative estimate of drug-likeness (QED) is 0.606. The zero-order valence-electron chi connectivity index (χ0n) is 18.7. The van der Waals surface area contributed by atoms with Gasteiger partial charge in [-0.3, -0.25) is 19.4 Å². The van der Waals surface area contributed by atoms with Gasteiger partial charge in [0.05, 0.1) is 5.41 Å². The molecule has 170 valence electrons. The van der Waals surface area contributed by atoms with E-state index in [0.29, 0.717) is 19.4 Å². The van der Waals surface area contributed by atoms with Crippen LogP contribution in [0.1, 0.15) is 36.3 Å². The first-order valence-electron chi connectivity index (χ1n) is 11.0. The SMILES string of the molecule is CC(C)NC(=O)C1(Cc2cccc(-c3cccnc3)c2)CCN(C(=O)c2ccc(=O)[nH]n2)C1. The number of rotatable bonds is 6. The summed E-state index contributed by atoms with van der Waals surface area (Å²) in [6.45, 7) is 4.57. The van der Waals surface area contributed by atoms with Crippen LogP contribution in [-0.4, -0.2) is 51.0 Å². The average molecular weight is 446 g/mol. The normalized spacial score (nSPS) is 17.8. The number of nitrogens with one attached hydrogen (secondary N) is 2. The largest absolute Gasteiger partial charge is 0.353 e. The van der Waals surface area contributed by atoms with Crippen molar-refractivity contribution in [1.29, 1.82) is 0 Å². The van der Waals surface area contributed by atoms with Crippen LogP contribution >= 0.6 is 0 Å². The van der Waals surface area contributed by atoms with Gasteiger partial charge in [0.25, 0.3) is 11.5 Å². The molecule has 1 aliphatic heterocycles. The van der Waals surface area contributed by atoms with Crippen LogP contribution < -0.4 is 10.9 Å². The predicted molar refractivity (Wildman–Crippen MR) is 124 cm³/mol. The number of nitrogens with zero attached hydrogens (tertiary/aromatic N) is 3. The number of likely N-dealkylation sites (tertiary alicyclic amines) is 1. The van der Waals surface area contributed by atoms with Crippen LogP contribution in [0.15, 0.2) is 65.7 Å². The molecule has 1 aromatic carbocycles. The molecule has 1 aliphatic rings. The lowest BCUT2D eigenvalue weighted by Crippen LogP contribution is -2.47. The lowest BCUT2D eigenvalue weighted by atomic mass is 9.79. The van der Waals surface area contributed by atoms with Crippen molar-refractivity contribution in [2.45, 2.75) is 32.7 Å². The minimum absolute atomic E-state index is 0.0123. The number of pyridine rings is 1. The van der Waals surface area contributed by atoms with Crippen molar-refractivity contribution in [3.63, 3.8) is 0 Å². The Morgan fingerprint density at radius 2 is 1.97 bits per heavy atom. The van der Waals surface area contributed by atoms with Crippen molar-refractivity contribution in [2.75, 3.05) is 13.1 Å². The molecule has 0 saturated carbocycles. The van der Waals surface area contributed by atoms with Gasteiger partial charge in [-0.15, -0.1) is 0 Å². The number of H-pyrrole nitrogens is 1. The number of hydrogen-bond acceptors (Lipinski definition) is 5. The van der Waals surface area contributed by atoms with E-state index in [-0.39, 0.29) is 35.7 Å². The molecule has 0 aliphatic carbocycles. The van der Waals surface area contributed by atoms with Gasteiger partial charge >= 0.3 is 0 Å². The maximum atomic E-state index is 13.4. The summed E-state index contributed by atoms with van der Waals surface area (Å²) in [6, 6.07) is 14.7. The van der Waals surface area contributed by atoms with Crippen LogP contribution in [0.25, 0.3) is 11.1 Å². The Morgan fingerprint density at radius 3 is 2.67 bits per heavy atom. The van der Waals surface area contributed by atoms with Gasteiger partial charge in [0.2, 0.25) is 5.91 Å². The van der Waals surface area contributed by atoms with E-state index in [2.05, 4.69) is 26.6 Å². The van der Waals surface area contributed by atoms with E-state index in [1.54, 1.807) is 11.1 Å². The molecule has 8 heteroatoms. The Hall–Kier alpha value is -3.81. The smallest absolute Gasteiger partial charge is 0.274 e. The Labute approximate surface area is 192 Å². The van der Waals surface area contributed by atoms with Gasteiger partial charge in [-0.1, -0.05) is 30.3 Å². The van der Waals surface area contributed by atoms with E-state index in [9.17, 15) is 14.4 Å². The molecule has 0 spiro atoms. The molecule has 1 unspecified atom stereocenters. The van der Waals surface area contributed by atoms with Crippen molar-refractivity contribution in [1.82, 2.24) is 25.4 Å². The zero-order chi connectivity index (χ0) is 23.4. The molecule has 4 rings (SSSR count). The van der Waals surface area contributed by atoms with Crippen molar-refractivity contribution in [3.05, 3.63) is 82.5 Å².